The van der Waals surface area contributed by atoms with Crippen molar-refractivity contribution in [3.8, 4) is 0 Å². The summed E-state index contributed by atoms with van der Waals surface area (Å²) in [7, 11) is 0. The molecule has 0 fully saturated rings. The van der Waals surface area contributed by atoms with Crippen LogP contribution < -0.4 is 5.32 Å². The predicted molar refractivity (Wildman–Crippen MR) is 73.9 cm³/mol. The Morgan fingerprint density at radius 1 is 1.33 bits per heavy atom. The van der Waals surface area contributed by atoms with E-state index in [2.05, 4.69) is 31.2 Å². The van der Waals surface area contributed by atoms with Crippen LogP contribution in [0.4, 0.5) is 5.69 Å². The van der Waals surface area contributed by atoms with E-state index in [1.54, 1.807) is 37.4 Å². The van der Waals surface area contributed by atoms with Gasteiger partial charge in [-0.05, 0) is 47.1 Å². The van der Waals surface area contributed by atoms with Crippen LogP contribution in [0.25, 0.3) is 0 Å². The van der Waals surface area contributed by atoms with Crippen molar-refractivity contribution in [2.45, 2.75) is 6.92 Å². The summed E-state index contributed by atoms with van der Waals surface area (Å²) in [5, 5.41) is 3.13. The van der Waals surface area contributed by atoms with Gasteiger partial charge in [0.1, 0.15) is 10.8 Å². The number of anilines is 1. The molecule has 0 aromatic carbocycles. The fraction of sp³-hybridized carbons (Fsp3) is 0.0833. The number of nitrogens with one attached hydrogen (secondary N) is 1. The number of pyridine rings is 2. The van der Waals surface area contributed by atoms with Gasteiger partial charge in [0, 0.05) is 10.7 Å². The highest BCUT2D eigenvalue weighted by Crippen LogP contribution is 2.16. The lowest BCUT2D eigenvalue weighted by atomic mass is 10.3. The second-order valence-electron chi connectivity index (χ2n) is 3.58. The lowest BCUT2D eigenvalue weighted by Gasteiger charge is -2.07. The number of carbonyl (C=O) groups is 1. The highest BCUT2D eigenvalue weighted by molar-refractivity contribution is 9.10. The summed E-state index contributed by atoms with van der Waals surface area (Å²) in [5.41, 5.74) is 1.62. The van der Waals surface area contributed by atoms with E-state index in [1.165, 1.54) is 0 Å². The smallest absolute Gasteiger partial charge is 0.274 e. The number of hydrogen-bond donors (Lipinski definition) is 1. The van der Waals surface area contributed by atoms with Crippen LogP contribution in [0, 0.1) is 6.92 Å². The molecule has 0 unspecified atom stereocenters. The fourth-order valence-corrected chi connectivity index (χ4v) is 1.78. The van der Waals surface area contributed by atoms with Gasteiger partial charge in [0.2, 0.25) is 0 Å². The van der Waals surface area contributed by atoms with Gasteiger partial charge in [-0.2, -0.15) is 0 Å². The Morgan fingerprint density at radius 2 is 2.11 bits per heavy atom. The van der Waals surface area contributed by atoms with Crippen molar-refractivity contribution in [2.24, 2.45) is 0 Å². The molecule has 92 valence electrons. The van der Waals surface area contributed by atoms with E-state index in [1.807, 2.05) is 0 Å². The summed E-state index contributed by atoms with van der Waals surface area (Å²) in [6.45, 7) is 1.77. The molecule has 0 spiro atoms. The van der Waals surface area contributed by atoms with Crippen molar-refractivity contribution < 1.29 is 4.79 Å². The molecule has 0 aliphatic heterocycles. The number of nitrogens with zero attached hydrogens (tertiary/aromatic N) is 2. The number of carbonyl (C=O) groups excluding carboxylic acids is 1. The first kappa shape index (κ1) is 13.0. The number of aromatic nitrogens is 2. The maximum atomic E-state index is 11.9. The summed E-state index contributed by atoms with van der Waals surface area (Å²) in [6.07, 6.45) is 1.57. The van der Waals surface area contributed by atoms with Gasteiger partial charge < -0.3 is 5.32 Å². The van der Waals surface area contributed by atoms with E-state index in [-0.39, 0.29) is 5.91 Å². The molecule has 2 heterocycles. The molecule has 4 nitrogen and oxygen atoms in total. The van der Waals surface area contributed by atoms with Crippen LogP contribution in [0.2, 0.25) is 5.15 Å². The van der Waals surface area contributed by atoms with Crippen LogP contribution in [0.1, 0.15) is 16.2 Å². The topological polar surface area (TPSA) is 54.9 Å². The molecule has 0 bridgehead atoms. The van der Waals surface area contributed by atoms with Crippen molar-refractivity contribution in [3.05, 3.63) is 51.5 Å². The summed E-state index contributed by atoms with van der Waals surface area (Å²) in [5.74, 6) is -0.283. The molecule has 0 radical (unpaired) electrons. The van der Waals surface area contributed by atoms with E-state index in [0.29, 0.717) is 22.2 Å². The number of halogens is 2. The minimum Gasteiger partial charge on any atom is -0.319 e. The van der Waals surface area contributed by atoms with Crippen molar-refractivity contribution in [1.29, 1.82) is 0 Å². The molecule has 2 aromatic rings. The first-order valence-electron chi connectivity index (χ1n) is 5.12. The van der Waals surface area contributed by atoms with Gasteiger partial charge in [-0.3, -0.25) is 4.79 Å². The normalized spacial score (nSPS) is 10.2. The Morgan fingerprint density at radius 3 is 2.72 bits per heavy atom. The van der Waals surface area contributed by atoms with E-state index in [4.69, 9.17) is 11.6 Å². The van der Waals surface area contributed by atoms with Crippen LogP contribution in [-0.2, 0) is 0 Å². The second kappa shape index (κ2) is 5.46. The van der Waals surface area contributed by atoms with Gasteiger partial charge in [-0.1, -0.05) is 11.6 Å². The number of amides is 1. The molecule has 18 heavy (non-hydrogen) atoms. The molecule has 6 heteroatoms. The van der Waals surface area contributed by atoms with Gasteiger partial charge in [-0.25, -0.2) is 9.97 Å². The summed E-state index contributed by atoms with van der Waals surface area (Å²) in [6, 6.07) is 6.73. The molecule has 0 saturated heterocycles. The lowest BCUT2D eigenvalue weighted by Crippen LogP contribution is -2.14. The minimum absolute atomic E-state index is 0.283. The van der Waals surface area contributed by atoms with Crippen molar-refractivity contribution in [3.63, 3.8) is 0 Å². The Labute approximate surface area is 118 Å². The standard InChI is InChI=1S/C12H9BrClN3O/c1-7-9(4-5-11(14)16-7)17-12(18)10-3-2-8(13)6-15-10/h2-6H,1H3,(H,17,18). The molecule has 1 amide bonds. The Kier molecular flexibility index (Phi) is 3.93. The summed E-state index contributed by atoms with van der Waals surface area (Å²) in [4.78, 5) is 20.0. The molecule has 2 aromatic heterocycles. The number of hydrogen-bond acceptors (Lipinski definition) is 3. The first-order valence-corrected chi connectivity index (χ1v) is 6.29. The Bertz CT molecular complexity index is 586. The Balaban J connectivity index is 2.18. The average Bonchev–Trinajstić information content (AvgIpc) is 2.33. The second-order valence-corrected chi connectivity index (χ2v) is 4.89. The summed E-state index contributed by atoms with van der Waals surface area (Å²) >= 11 is 9.01. The monoisotopic (exact) mass is 325 g/mol. The molecular formula is C12H9BrClN3O. The maximum Gasteiger partial charge on any atom is 0.274 e. The zero-order valence-corrected chi connectivity index (χ0v) is 11.8. The van der Waals surface area contributed by atoms with Crippen LogP contribution in [0.3, 0.4) is 0 Å². The van der Waals surface area contributed by atoms with Crippen LogP contribution in [0.5, 0.6) is 0 Å². The van der Waals surface area contributed by atoms with Gasteiger partial charge in [0.05, 0.1) is 11.4 Å². The lowest BCUT2D eigenvalue weighted by molar-refractivity contribution is 0.102. The predicted octanol–water partition coefficient (Wildman–Crippen LogP) is 3.45. The van der Waals surface area contributed by atoms with Crippen LogP contribution in [0.15, 0.2) is 34.9 Å². The number of rotatable bonds is 2. The third kappa shape index (κ3) is 3.05. The zero-order valence-electron chi connectivity index (χ0n) is 9.45. The number of aryl methyl sites for hydroxylation is 1. The van der Waals surface area contributed by atoms with Crippen molar-refractivity contribution in [1.82, 2.24) is 9.97 Å². The van der Waals surface area contributed by atoms with E-state index < -0.39 is 0 Å². The molecular weight excluding hydrogens is 318 g/mol. The van der Waals surface area contributed by atoms with Gasteiger partial charge in [0.15, 0.2) is 0 Å². The fourth-order valence-electron chi connectivity index (χ4n) is 1.36. The maximum absolute atomic E-state index is 11.9. The van der Waals surface area contributed by atoms with Gasteiger partial charge in [-0.15, -0.1) is 0 Å². The third-order valence-corrected chi connectivity index (χ3v) is 2.94. The highest BCUT2D eigenvalue weighted by atomic mass is 79.9. The first-order chi connectivity index (χ1) is 8.56. The highest BCUT2D eigenvalue weighted by Gasteiger charge is 2.09. The molecule has 0 atom stereocenters. The quantitative estimate of drug-likeness (QED) is 0.860. The van der Waals surface area contributed by atoms with Crippen molar-refractivity contribution in [2.75, 3.05) is 5.32 Å². The molecule has 0 saturated carbocycles. The summed E-state index contributed by atoms with van der Waals surface area (Å²) < 4.78 is 0.823. The molecule has 0 aliphatic rings. The van der Waals surface area contributed by atoms with Crippen molar-refractivity contribution >= 4 is 39.1 Å². The third-order valence-electron chi connectivity index (χ3n) is 2.26. The largest absolute Gasteiger partial charge is 0.319 e. The van der Waals surface area contributed by atoms with Crippen LogP contribution >= 0.6 is 27.5 Å². The van der Waals surface area contributed by atoms with Gasteiger partial charge in [0.25, 0.3) is 5.91 Å². The molecule has 2 rings (SSSR count). The van der Waals surface area contributed by atoms with Crippen LogP contribution in [-0.4, -0.2) is 15.9 Å². The SMILES string of the molecule is Cc1nc(Cl)ccc1NC(=O)c1ccc(Br)cn1. The van der Waals surface area contributed by atoms with E-state index in [9.17, 15) is 4.79 Å². The Hall–Kier alpha value is -1.46. The minimum atomic E-state index is -0.283. The zero-order chi connectivity index (χ0) is 13.1. The molecule has 0 aliphatic carbocycles. The average molecular weight is 327 g/mol. The van der Waals surface area contributed by atoms with E-state index >= 15 is 0 Å². The molecule has 1 N–H and O–H groups in total. The van der Waals surface area contributed by atoms with E-state index in [0.717, 1.165) is 4.47 Å². The van der Waals surface area contributed by atoms with Gasteiger partial charge >= 0.3 is 0 Å².